The maximum atomic E-state index is 14.0. The normalized spacial score (nSPS) is 18.1. The smallest absolute Gasteiger partial charge is 0.248 e. The van der Waals surface area contributed by atoms with Crippen LogP contribution in [0.1, 0.15) is 42.3 Å². The lowest BCUT2D eigenvalue weighted by molar-refractivity contribution is -0.120. The molecule has 1 amide bonds. The predicted octanol–water partition coefficient (Wildman–Crippen LogP) is 4.47. The van der Waals surface area contributed by atoms with E-state index in [1.807, 2.05) is 12.1 Å². The average molecular weight is 596 g/mol. The fraction of sp³-hybridized carbons (Fsp3) is 0.419. The van der Waals surface area contributed by atoms with Gasteiger partial charge in [0, 0.05) is 63.0 Å². The van der Waals surface area contributed by atoms with Crippen LogP contribution in [0, 0.1) is 18.7 Å². The van der Waals surface area contributed by atoms with Crippen molar-refractivity contribution < 1.29 is 22.1 Å². The monoisotopic (exact) mass is 595 g/mol. The highest BCUT2D eigenvalue weighted by atomic mass is 32.2. The molecular formula is C31H38FN5O4S. The van der Waals surface area contributed by atoms with Gasteiger partial charge in [-0.3, -0.25) is 9.69 Å². The van der Waals surface area contributed by atoms with Crippen LogP contribution in [-0.2, 0) is 21.4 Å². The summed E-state index contributed by atoms with van der Waals surface area (Å²) in [5, 5.41) is 6.85. The number of piperidine rings is 1. The van der Waals surface area contributed by atoms with Crippen LogP contribution in [0.2, 0.25) is 0 Å². The van der Waals surface area contributed by atoms with Crippen molar-refractivity contribution in [3.8, 4) is 0 Å². The number of carbonyl (C=O) groups is 1. The molecule has 0 atom stereocenters. The number of nitrogens with zero attached hydrogens (tertiary/aromatic N) is 4. The molecule has 0 saturated carbocycles. The molecule has 0 aliphatic carbocycles. The van der Waals surface area contributed by atoms with E-state index in [9.17, 15) is 17.6 Å². The van der Waals surface area contributed by atoms with E-state index in [4.69, 9.17) is 4.52 Å². The summed E-state index contributed by atoms with van der Waals surface area (Å²) in [6.45, 7) is 10.5. The zero-order valence-electron chi connectivity index (χ0n) is 24.1. The summed E-state index contributed by atoms with van der Waals surface area (Å²) in [5.41, 5.74) is 2.49. The van der Waals surface area contributed by atoms with Crippen LogP contribution in [0.3, 0.4) is 0 Å². The first-order chi connectivity index (χ1) is 20.2. The minimum atomic E-state index is -3.93. The maximum absolute atomic E-state index is 14.0. The summed E-state index contributed by atoms with van der Waals surface area (Å²) in [6, 6.07) is 14.2. The van der Waals surface area contributed by atoms with E-state index in [2.05, 4.69) is 39.3 Å². The number of rotatable bonds is 9. The molecule has 3 aromatic rings. The Morgan fingerprint density at radius 2 is 1.67 bits per heavy atom. The molecular weight excluding hydrogens is 557 g/mol. The number of amides is 1. The molecule has 2 aliphatic rings. The number of halogens is 1. The van der Waals surface area contributed by atoms with Crippen LogP contribution in [0.15, 0.2) is 57.9 Å². The number of hydrogen-bond acceptors (Lipinski definition) is 7. The third kappa shape index (κ3) is 6.97. The van der Waals surface area contributed by atoms with E-state index in [-0.39, 0.29) is 41.3 Å². The van der Waals surface area contributed by atoms with Gasteiger partial charge in [-0.1, -0.05) is 42.4 Å². The Morgan fingerprint density at radius 3 is 2.33 bits per heavy atom. The van der Waals surface area contributed by atoms with Gasteiger partial charge in [0.25, 0.3) is 0 Å². The van der Waals surface area contributed by atoms with Crippen molar-refractivity contribution in [2.24, 2.45) is 5.92 Å². The Morgan fingerprint density at radius 1 is 1.00 bits per heavy atom. The molecule has 224 valence electrons. The van der Waals surface area contributed by atoms with Gasteiger partial charge in [-0.05, 0) is 62.2 Å². The largest absolute Gasteiger partial charge is 0.355 e. The topological polar surface area (TPSA) is 99.0 Å². The number of piperazine rings is 1. The van der Waals surface area contributed by atoms with Gasteiger partial charge in [0.15, 0.2) is 10.7 Å². The molecule has 11 heteroatoms. The van der Waals surface area contributed by atoms with E-state index in [1.54, 1.807) is 25.1 Å². The van der Waals surface area contributed by atoms with Crippen molar-refractivity contribution >= 4 is 33.8 Å². The lowest BCUT2D eigenvalue weighted by Crippen LogP contribution is -2.45. The van der Waals surface area contributed by atoms with Crippen LogP contribution in [0.25, 0.3) is 12.2 Å². The lowest BCUT2D eigenvalue weighted by atomic mass is 9.97. The fourth-order valence-corrected chi connectivity index (χ4v) is 7.24. The van der Waals surface area contributed by atoms with Gasteiger partial charge < -0.3 is 14.7 Å². The number of hydrogen-bond donors (Lipinski definition) is 1. The second kappa shape index (κ2) is 13.3. The molecule has 0 radical (unpaired) electrons. The van der Waals surface area contributed by atoms with Crippen molar-refractivity contribution in [1.29, 1.82) is 0 Å². The van der Waals surface area contributed by atoms with Crippen molar-refractivity contribution in [3.05, 3.63) is 76.9 Å². The van der Waals surface area contributed by atoms with E-state index >= 15 is 0 Å². The van der Waals surface area contributed by atoms with Crippen molar-refractivity contribution in [2.75, 3.05) is 51.1 Å². The van der Waals surface area contributed by atoms with Crippen molar-refractivity contribution in [1.82, 2.24) is 19.3 Å². The zero-order chi connectivity index (χ0) is 29.7. The van der Waals surface area contributed by atoms with Gasteiger partial charge in [0.2, 0.25) is 15.9 Å². The SMILES string of the molecule is CCN1CCN(Cc2ccc(NC(=O)C3CCN(S(=O)(=O)c4c(C)noc4C=Cc4ccccc4F)CC3)cc2)CC1. The van der Waals surface area contributed by atoms with Gasteiger partial charge in [-0.2, -0.15) is 4.31 Å². The van der Waals surface area contributed by atoms with Crippen LogP contribution in [-0.4, -0.2) is 79.4 Å². The quantitative estimate of drug-likeness (QED) is 0.390. The number of carbonyl (C=O) groups excluding carboxylic acids is 1. The summed E-state index contributed by atoms with van der Waals surface area (Å²) in [6.07, 6.45) is 3.68. The summed E-state index contributed by atoms with van der Waals surface area (Å²) in [5.74, 6) is -0.783. The molecule has 2 fully saturated rings. The Balaban J connectivity index is 1.15. The van der Waals surface area contributed by atoms with Gasteiger partial charge in [-0.15, -0.1) is 0 Å². The summed E-state index contributed by atoms with van der Waals surface area (Å²) in [7, 11) is -3.93. The first-order valence-electron chi connectivity index (χ1n) is 14.5. The molecule has 1 N–H and O–H groups in total. The fourth-order valence-electron chi connectivity index (χ4n) is 5.52. The van der Waals surface area contributed by atoms with Crippen molar-refractivity contribution in [2.45, 2.75) is 38.1 Å². The first kappa shape index (κ1) is 30.1. The van der Waals surface area contributed by atoms with E-state index in [0.29, 0.717) is 18.4 Å². The molecule has 2 saturated heterocycles. The number of nitrogens with one attached hydrogen (secondary N) is 1. The van der Waals surface area contributed by atoms with Gasteiger partial charge in [-0.25, -0.2) is 12.8 Å². The van der Waals surface area contributed by atoms with Crippen LogP contribution < -0.4 is 5.32 Å². The number of anilines is 1. The van der Waals surface area contributed by atoms with E-state index in [1.165, 1.54) is 28.1 Å². The highest BCUT2D eigenvalue weighted by Gasteiger charge is 2.36. The zero-order valence-corrected chi connectivity index (χ0v) is 24.9. The standard InChI is InChI=1S/C31H38FN5O4S/c1-3-35-18-20-36(21-19-35)22-24-8-11-27(12-9-24)33-31(38)26-14-16-37(17-15-26)42(39,40)30-23(2)34-41-29(30)13-10-25-6-4-5-7-28(25)32/h4-13,26H,3,14-22H2,1-2H3,(H,33,38). The highest BCUT2D eigenvalue weighted by molar-refractivity contribution is 7.89. The lowest BCUT2D eigenvalue weighted by Gasteiger charge is -2.34. The molecule has 2 aliphatic heterocycles. The van der Waals surface area contributed by atoms with Crippen LogP contribution >= 0.6 is 0 Å². The molecule has 0 unspecified atom stereocenters. The second-order valence-electron chi connectivity index (χ2n) is 10.9. The number of benzene rings is 2. The highest BCUT2D eigenvalue weighted by Crippen LogP contribution is 2.30. The average Bonchev–Trinajstić information content (AvgIpc) is 3.39. The number of sulfonamides is 1. The molecule has 9 nitrogen and oxygen atoms in total. The van der Waals surface area contributed by atoms with Gasteiger partial charge in [0.05, 0.1) is 0 Å². The molecule has 5 rings (SSSR count). The minimum absolute atomic E-state index is 0.0367. The Bertz CT molecular complexity index is 1510. The number of aryl methyl sites for hydroxylation is 1. The Hall–Kier alpha value is -3.38. The summed E-state index contributed by atoms with van der Waals surface area (Å²) < 4.78 is 47.8. The third-order valence-corrected chi connectivity index (χ3v) is 10.2. The second-order valence-corrected chi connectivity index (χ2v) is 12.8. The number of likely N-dealkylation sites (N-methyl/N-ethyl adjacent to an activating group) is 1. The van der Waals surface area contributed by atoms with Crippen LogP contribution in [0.5, 0.6) is 0 Å². The molecule has 3 heterocycles. The summed E-state index contributed by atoms with van der Waals surface area (Å²) in [4.78, 5) is 17.9. The molecule has 42 heavy (non-hydrogen) atoms. The van der Waals surface area contributed by atoms with Gasteiger partial charge in [0.1, 0.15) is 11.5 Å². The predicted molar refractivity (Wildman–Crippen MR) is 161 cm³/mol. The van der Waals surface area contributed by atoms with Crippen molar-refractivity contribution in [3.63, 3.8) is 0 Å². The molecule has 0 spiro atoms. The maximum Gasteiger partial charge on any atom is 0.248 e. The Kier molecular flexibility index (Phi) is 9.52. The van der Waals surface area contributed by atoms with E-state index in [0.717, 1.165) is 45.0 Å². The molecule has 0 bridgehead atoms. The summed E-state index contributed by atoms with van der Waals surface area (Å²) >= 11 is 0. The molecule has 2 aromatic carbocycles. The first-order valence-corrected chi connectivity index (χ1v) is 15.9. The van der Waals surface area contributed by atoms with E-state index < -0.39 is 15.8 Å². The Labute approximate surface area is 247 Å². The third-order valence-electron chi connectivity index (χ3n) is 8.12. The minimum Gasteiger partial charge on any atom is -0.355 e. The number of aromatic nitrogens is 1. The van der Waals surface area contributed by atoms with Gasteiger partial charge >= 0.3 is 0 Å². The van der Waals surface area contributed by atoms with Crippen LogP contribution in [0.4, 0.5) is 10.1 Å². The molecule has 1 aromatic heterocycles.